The van der Waals surface area contributed by atoms with Crippen LogP contribution in [0.4, 0.5) is 5.69 Å². The van der Waals surface area contributed by atoms with Crippen molar-refractivity contribution in [2.24, 2.45) is 0 Å². The van der Waals surface area contributed by atoms with Crippen LogP contribution in [0.2, 0.25) is 0 Å². The summed E-state index contributed by atoms with van der Waals surface area (Å²) in [5.74, 6) is 0. The maximum absolute atomic E-state index is 12.3. The van der Waals surface area contributed by atoms with Crippen LogP contribution in [0.3, 0.4) is 0 Å². The molecule has 0 bridgehead atoms. The number of anilines is 1. The number of sulfonamides is 1. The highest BCUT2D eigenvalue weighted by Gasteiger charge is 2.15. The molecule has 1 N–H and O–H groups in total. The second-order valence-electron chi connectivity index (χ2n) is 4.21. The molecule has 0 aliphatic carbocycles. The zero-order valence-corrected chi connectivity index (χ0v) is 14.7. The van der Waals surface area contributed by atoms with Gasteiger partial charge in [-0.2, -0.15) is 5.26 Å². The highest BCUT2D eigenvalue weighted by atomic mass is 79.9. The Morgan fingerprint density at radius 3 is 2.38 bits per heavy atom. The van der Waals surface area contributed by atoms with E-state index in [2.05, 4.69) is 36.6 Å². The number of benzene rings is 2. The molecule has 0 radical (unpaired) electrons. The van der Waals surface area contributed by atoms with Crippen molar-refractivity contribution in [3.8, 4) is 6.07 Å². The summed E-state index contributed by atoms with van der Waals surface area (Å²) in [6.07, 6.45) is 0.255. The van der Waals surface area contributed by atoms with Gasteiger partial charge in [0.25, 0.3) is 10.0 Å². The van der Waals surface area contributed by atoms with Crippen LogP contribution in [0.1, 0.15) is 5.56 Å². The maximum atomic E-state index is 12.3. The Hall–Kier alpha value is -1.36. The number of halogens is 2. The maximum Gasteiger partial charge on any atom is 0.261 e. The third kappa shape index (κ3) is 4.06. The van der Waals surface area contributed by atoms with Crippen molar-refractivity contribution in [1.29, 1.82) is 5.26 Å². The molecular formula is C14H10Br2N2O2S. The topological polar surface area (TPSA) is 70.0 Å². The van der Waals surface area contributed by atoms with Crippen molar-refractivity contribution in [1.82, 2.24) is 0 Å². The van der Waals surface area contributed by atoms with Gasteiger partial charge in [0.2, 0.25) is 0 Å². The first-order valence-electron chi connectivity index (χ1n) is 5.86. The molecule has 7 heteroatoms. The molecule has 2 rings (SSSR count). The fourth-order valence-corrected chi connectivity index (χ4v) is 3.57. The predicted octanol–water partition coefficient (Wildman–Crippen LogP) is 4.08. The summed E-state index contributed by atoms with van der Waals surface area (Å²) in [4.78, 5) is 0.149. The third-order valence-electron chi connectivity index (χ3n) is 2.69. The SMILES string of the molecule is N#CCc1ccc(S(=O)(=O)Nc2cc(Br)ccc2Br)cc1. The zero-order chi connectivity index (χ0) is 15.5. The number of rotatable bonds is 4. The molecule has 21 heavy (non-hydrogen) atoms. The van der Waals surface area contributed by atoms with E-state index in [-0.39, 0.29) is 11.3 Å². The van der Waals surface area contributed by atoms with E-state index in [1.165, 1.54) is 12.1 Å². The van der Waals surface area contributed by atoms with Gasteiger partial charge < -0.3 is 0 Å². The lowest BCUT2D eigenvalue weighted by Gasteiger charge is -2.10. The van der Waals surface area contributed by atoms with E-state index in [1.54, 1.807) is 30.3 Å². The number of nitrogens with one attached hydrogen (secondary N) is 1. The van der Waals surface area contributed by atoms with Crippen molar-refractivity contribution in [3.05, 3.63) is 57.0 Å². The molecule has 0 spiro atoms. The molecule has 2 aromatic rings. The van der Waals surface area contributed by atoms with Crippen LogP contribution in [-0.4, -0.2) is 8.42 Å². The largest absolute Gasteiger partial charge is 0.278 e. The highest BCUT2D eigenvalue weighted by Crippen LogP contribution is 2.28. The van der Waals surface area contributed by atoms with Gasteiger partial charge in [-0.3, -0.25) is 4.72 Å². The van der Waals surface area contributed by atoms with Gasteiger partial charge in [0, 0.05) is 8.95 Å². The lowest BCUT2D eigenvalue weighted by molar-refractivity contribution is 0.601. The minimum atomic E-state index is -3.67. The van der Waals surface area contributed by atoms with Gasteiger partial charge in [-0.05, 0) is 51.8 Å². The second-order valence-corrected chi connectivity index (χ2v) is 7.66. The van der Waals surface area contributed by atoms with E-state index in [1.807, 2.05) is 6.07 Å². The molecule has 0 heterocycles. The molecule has 0 saturated carbocycles. The summed E-state index contributed by atoms with van der Waals surface area (Å²) in [6.45, 7) is 0. The first-order valence-corrected chi connectivity index (χ1v) is 8.93. The van der Waals surface area contributed by atoms with Crippen molar-refractivity contribution >= 4 is 47.6 Å². The van der Waals surface area contributed by atoms with Crippen molar-refractivity contribution in [2.45, 2.75) is 11.3 Å². The van der Waals surface area contributed by atoms with Gasteiger partial charge in [-0.25, -0.2) is 8.42 Å². The molecule has 2 aromatic carbocycles. The fourth-order valence-electron chi connectivity index (χ4n) is 1.66. The Kier molecular flexibility index (Phi) is 5.04. The molecule has 0 atom stereocenters. The Morgan fingerprint density at radius 2 is 1.76 bits per heavy atom. The van der Waals surface area contributed by atoms with E-state index in [0.29, 0.717) is 10.2 Å². The van der Waals surface area contributed by atoms with E-state index in [9.17, 15) is 8.42 Å². The Bertz CT molecular complexity index is 797. The van der Waals surface area contributed by atoms with Crippen molar-refractivity contribution < 1.29 is 8.42 Å². The lowest BCUT2D eigenvalue weighted by atomic mass is 10.2. The smallest absolute Gasteiger partial charge is 0.261 e. The van der Waals surface area contributed by atoms with Crippen LogP contribution in [-0.2, 0) is 16.4 Å². The Balaban J connectivity index is 2.30. The summed E-state index contributed by atoms with van der Waals surface area (Å²) >= 11 is 6.60. The summed E-state index contributed by atoms with van der Waals surface area (Å²) in [5.41, 5.74) is 1.23. The number of hydrogen-bond acceptors (Lipinski definition) is 3. The molecule has 0 aliphatic heterocycles. The van der Waals surface area contributed by atoms with Crippen molar-refractivity contribution in [2.75, 3.05) is 4.72 Å². The second kappa shape index (κ2) is 6.60. The summed E-state index contributed by atoms with van der Waals surface area (Å²) in [5, 5.41) is 8.61. The molecule has 0 amide bonds. The monoisotopic (exact) mass is 428 g/mol. The number of nitrogens with zero attached hydrogens (tertiary/aromatic N) is 1. The first-order chi connectivity index (χ1) is 9.92. The van der Waals surface area contributed by atoms with E-state index in [4.69, 9.17) is 5.26 Å². The summed E-state index contributed by atoms with van der Waals surface area (Å²) < 4.78 is 28.6. The minimum Gasteiger partial charge on any atom is -0.278 e. The normalized spacial score (nSPS) is 10.9. The van der Waals surface area contributed by atoms with Crippen LogP contribution in [0.15, 0.2) is 56.3 Å². The molecule has 4 nitrogen and oxygen atoms in total. The molecule has 0 unspecified atom stereocenters. The standard InChI is InChI=1S/C14H10Br2N2O2S/c15-11-3-6-13(16)14(9-11)18-21(19,20)12-4-1-10(2-5-12)7-8-17/h1-6,9,18H,7H2. The third-order valence-corrected chi connectivity index (χ3v) is 5.26. The van der Waals surface area contributed by atoms with Gasteiger partial charge in [0.15, 0.2) is 0 Å². The van der Waals surface area contributed by atoms with Gasteiger partial charge in [-0.15, -0.1) is 0 Å². The molecule has 0 aromatic heterocycles. The average molecular weight is 430 g/mol. The number of hydrogen-bond donors (Lipinski definition) is 1. The van der Waals surface area contributed by atoms with Crippen molar-refractivity contribution in [3.63, 3.8) is 0 Å². The molecule has 0 aliphatic rings. The van der Waals surface area contributed by atoms with E-state index >= 15 is 0 Å². The minimum absolute atomic E-state index is 0.149. The first kappa shape index (κ1) is 16.0. The van der Waals surface area contributed by atoms with Gasteiger partial charge >= 0.3 is 0 Å². The van der Waals surface area contributed by atoms with E-state index < -0.39 is 10.0 Å². The van der Waals surface area contributed by atoms with E-state index in [0.717, 1.165) is 10.0 Å². The summed E-state index contributed by atoms with van der Waals surface area (Å²) in [6, 6.07) is 13.5. The van der Waals surface area contributed by atoms with Crippen LogP contribution in [0.5, 0.6) is 0 Å². The summed E-state index contributed by atoms with van der Waals surface area (Å²) in [7, 11) is -3.67. The molecular weight excluding hydrogens is 420 g/mol. The Labute approximate surface area is 140 Å². The van der Waals surface area contributed by atoms with Crippen LogP contribution in [0, 0.1) is 11.3 Å². The Morgan fingerprint density at radius 1 is 1.10 bits per heavy atom. The molecule has 0 saturated heterocycles. The zero-order valence-electron chi connectivity index (χ0n) is 10.7. The fraction of sp³-hybridized carbons (Fsp3) is 0.0714. The molecule has 0 fully saturated rings. The average Bonchev–Trinajstić information content (AvgIpc) is 2.44. The quantitative estimate of drug-likeness (QED) is 0.795. The van der Waals surface area contributed by atoms with Crippen LogP contribution >= 0.6 is 31.9 Å². The lowest BCUT2D eigenvalue weighted by Crippen LogP contribution is -2.13. The van der Waals surface area contributed by atoms with Gasteiger partial charge in [0.1, 0.15) is 0 Å². The molecule has 108 valence electrons. The number of nitriles is 1. The predicted molar refractivity (Wildman–Crippen MR) is 88.4 cm³/mol. The van der Waals surface area contributed by atoms with Gasteiger partial charge in [0.05, 0.1) is 23.1 Å². The van der Waals surface area contributed by atoms with Crippen LogP contribution < -0.4 is 4.72 Å². The van der Waals surface area contributed by atoms with Gasteiger partial charge in [-0.1, -0.05) is 28.1 Å². The highest BCUT2D eigenvalue weighted by molar-refractivity contribution is 9.11. The van der Waals surface area contributed by atoms with Crippen LogP contribution in [0.25, 0.3) is 0 Å².